The quantitative estimate of drug-likeness (QED) is 0.559. The number of rotatable bonds is 7. The van der Waals surface area contributed by atoms with E-state index in [1.807, 2.05) is 29.2 Å². The average molecular weight is 410 g/mol. The third-order valence-corrected chi connectivity index (χ3v) is 6.27. The lowest BCUT2D eigenvalue weighted by Crippen LogP contribution is -2.49. The van der Waals surface area contributed by atoms with Gasteiger partial charge in [-0.25, -0.2) is 0 Å². The van der Waals surface area contributed by atoms with Crippen molar-refractivity contribution >= 4 is 51.4 Å². The van der Waals surface area contributed by atoms with Gasteiger partial charge in [0.2, 0.25) is 11.0 Å². The fourth-order valence-electron chi connectivity index (χ4n) is 2.62. The molecule has 0 unspecified atom stereocenters. The Balaban J connectivity index is 1.46. The van der Waals surface area contributed by atoms with E-state index >= 15 is 0 Å². The molecule has 1 aromatic carbocycles. The summed E-state index contributed by atoms with van der Waals surface area (Å²) in [4.78, 5) is 16.6. The Morgan fingerprint density at radius 2 is 2.08 bits per heavy atom. The van der Waals surface area contributed by atoms with Crippen LogP contribution in [0.25, 0.3) is 0 Å². The first kappa shape index (κ1) is 19.0. The number of anilines is 2. The van der Waals surface area contributed by atoms with Crippen LogP contribution >= 0.6 is 34.7 Å². The van der Waals surface area contributed by atoms with Crippen molar-refractivity contribution in [1.29, 1.82) is 0 Å². The number of carbonyl (C=O) groups excluding carboxylic acids is 1. The predicted octanol–water partition coefficient (Wildman–Crippen LogP) is 3.23. The molecule has 1 aliphatic rings. The molecule has 6 nitrogen and oxygen atoms in total. The maximum absolute atomic E-state index is 12.4. The first-order chi connectivity index (χ1) is 12.7. The molecule has 1 amide bonds. The van der Waals surface area contributed by atoms with Crippen LogP contribution in [0, 0.1) is 0 Å². The van der Waals surface area contributed by atoms with Crippen molar-refractivity contribution in [2.75, 3.05) is 48.7 Å². The molecular weight excluding hydrogens is 390 g/mol. The summed E-state index contributed by atoms with van der Waals surface area (Å²) < 4.78 is 0.791. The van der Waals surface area contributed by atoms with Crippen LogP contribution in [-0.4, -0.2) is 59.5 Å². The van der Waals surface area contributed by atoms with Gasteiger partial charge in [-0.15, -0.1) is 16.8 Å². The molecule has 1 aromatic heterocycles. The highest BCUT2D eigenvalue weighted by atomic mass is 35.5. The molecule has 0 aliphatic carbocycles. The summed E-state index contributed by atoms with van der Waals surface area (Å²) in [5.74, 6) is 0.506. The number of para-hydroxylation sites is 1. The third-order valence-electron chi connectivity index (χ3n) is 3.95. The van der Waals surface area contributed by atoms with Gasteiger partial charge in [0.15, 0.2) is 4.34 Å². The summed E-state index contributed by atoms with van der Waals surface area (Å²) in [6.45, 7) is 7.27. The Kier molecular flexibility index (Phi) is 6.76. The van der Waals surface area contributed by atoms with Crippen LogP contribution in [0.4, 0.5) is 10.8 Å². The molecule has 2 aromatic rings. The van der Waals surface area contributed by atoms with Gasteiger partial charge in [0, 0.05) is 32.7 Å². The van der Waals surface area contributed by atoms with Crippen LogP contribution in [0.5, 0.6) is 0 Å². The highest BCUT2D eigenvalue weighted by Crippen LogP contribution is 2.27. The minimum absolute atomic E-state index is 0.129. The number of nitrogens with zero attached hydrogens (tertiary/aromatic N) is 4. The normalized spacial score (nSPS) is 14.3. The number of hydrogen-bond acceptors (Lipinski definition) is 7. The molecule has 1 saturated heterocycles. The van der Waals surface area contributed by atoms with E-state index in [2.05, 4.69) is 27.0 Å². The van der Waals surface area contributed by atoms with Crippen molar-refractivity contribution in [2.24, 2.45) is 0 Å². The number of aromatic nitrogens is 2. The fourth-order valence-corrected chi connectivity index (χ4v) is 4.54. The van der Waals surface area contributed by atoms with Crippen molar-refractivity contribution < 1.29 is 4.79 Å². The van der Waals surface area contributed by atoms with Crippen molar-refractivity contribution in [3.63, 3.8) is 0 Å². The largest absolute Gasteiger partial charge is 0.367 e. The van der Waals surface area contributed by atoms with Gasteiger partial charge in [-0.1, -0.05) is 52.9 Å². The number of thioether (sulfide) groups is 1. The van der Waals surface area contributed by atoms with E-state index in [1.165, 1.54) is 23.1 Å². The van der Waals surface area contributed by atoms with Crippen molar-refractivity contribution in [3.05, 3.63) is 41.9 Å². The molecule has 3 rings (SSSR count). The molecule has 9 heteroatoms. The second kappa shape index (κ2) is 9.25. The molecule has 138 valence electrons. The monoisotopic (exact) mass is 409 g/mol. The maximum atomic E-state index is 12.4. The van der Waals surface area contributed by atoms with Gasteiger partial charge in [0.25, 0.3) is 0 Å². The van der Waals surface area contributed by atoms with Gasteiger partial charge in [0.05, 0.1) is 16.5 Å². The Hall–Kier alpha value is -1.77. The van der Waals surface area contributed by atoms with Crippen molar-refractivity contribution in [3.8, 4) is 0 Å². The van der Waals surface area contributed by atoms with Gasteiger partial charge in [-0.3, -0.25) is 4.79 Å². The van der Waals surface area contributed by atoms with E-state index in [0.29, 0.717) is 25.4 Å². The molecule has 0 atom stereocenters. The van der Waals surface area contributed by atoms with Crippen molar-refractivity contribution in [1.82, 2.24) is 15.1 Å². The SMILES string of the molecule is C=CCNc1nnc(SCC(=O)N2CCN(c3ccccc3Cl)CC2)s1. The summed E-state index contributed by atoms with van der Waals surface area (Å²) in [5, 5.41) is 12.7. The number of carbonyl (C=O) groups is 1. The first-order valence-corrected chi connectivity index (χ1v) is 10.4. The molecule has 1 fully saturated rings. The first-order valence-electron chi connectivity index (χ1n) is 8.25. The van der Waals surface area contributed by atoms with Gasteiger partial charge in [0.1, 0.15) is 0 Å². The smallest absolute Gasteiger partial charge is 0.233 e. The highest BCUT2D eigenvalue weighted by Gasteiger charge is 2.22. The minimum Gasteiger partial charge on any atom is -0.367 e. The van der Waals surface area contributed by atoms with E-state index in [4.69, 9.17) is 11.6 Å². The Morgan fingerprint density at radius 1 is 1.31 bits per heavy atom. The lowest BCUT2D eigenvalue weighted by molar-refractivity contribution is -0.128. The van der Waals surface area contributed by atoms with Crippen LogP contribution in [0.2, 0.25) is 5.02 Å². The highest BCUT2D eigenvalue weighted by molar-refractivity contribution is 8.01. The maximum Gasteiger partial charge on any atom is 0.233 e. The van der Waals surface area contributed by atoms with Crippen molar-refractivity contribution in [2.45, 2.75) is 4.34 Å². The summed E-state index contributed by atoms with van der Waals surface area (Å²) >= 11 is 9.14. The number of benzene rings is 1. The second-order valence-corrected chi connectivity index (χ2v) is 8.26. The van der Waals surface area contributed by atoms with E-state index < -0.39 is 0 Å². The molecule has 1 aliphatic heterocycles. The number of hydrogen-bond donors (Lipinski definition) is 1. The Morgan fingerprint density at radius 3 is 2.81 bits per heavy atom. The summed E-state index contributed by atoms with van der Waals surface area (Å²) in [5.41, 5.74) is 1.03. The lowest BCUT2D eigenvalue weighted by Gasteiger charge is -2.36. The molecular formula is C17H20ClN5OS2. The fraction of sp³-hybridized carbons (Fsp3) is 0.353. The van der Waals surface area contributed by atoms with Crippen LogP contribution < -0.4 is 10.2 Å². The number of amides is 1. The zero-order valence-corrected chi connectivity index (χ0v) is 16.6. The topological polar surface area (TPSA) is 61.4 Å². The van der Waals surface area contributed by atoms with Gasteiger partial charge < -0.3 is 15.1 Å². The van der Waals surface area contributed by atoms with Crippen LogP contribution in [0.15, 0.2) is 41.3 Å². The number of piperazine rings is 1. The van der Waals surface area contributed by atoms with E-state index in [-0.39, 0.29) is 5.91 Å². The number of halogens is 1. The average Bonchev–Trinajstić information content (AvgIpc) is 3.13. The Labute approximate surface area is 166 Å². The predicted molar refractivity (Wildman–Crippen MR) is 110 cm³/mol. The minimum atomic E-state index is 0.129. The van der Waals surface area contributed by atoms with E-state index in [0.717, 1.165) is 33.3 Å². The molecule has 0 bridgehead atoms. The zero-order chi connectivity index (χ0) is 18.4. The van der Waals surface area contributed by atoms with Crippen LogP contribution in [-0.2, 0) is 4.79 Å². The second-order valence-electron chi connectivity index (χ2n) is 5.65. The Bertz CT molecular complexity index is 761. The summed E-state index contributed by atoms with van der Waals surface area (Å²) in [6.07, 6.45) is 1.76. The summed E-state index contributed by atoms with van der Waals surface area (Å²) in [7, 11) is 0. The van der Waals surface area contributed by atoms with Gasteiger partial charge >= 0.3 is 0 Å². The molecule has 26 heavy (non-hydrogen) atoms. The van der Waals surface area contributed by atoms with Gasteiger partial charge in [-0.2, -0.15) is 0 Å². The number of nitrogens with one attached hydrogen (secondary N) is 1. The zero-order valence-electron chi connectivity index (χ0n) is 14.2. The molecule has 0 radical (unpaired) electrons. The summed E-state index contributed by atoms with van der Waals surface area (Å²) in [6, 6.07) is 7.82. The van der Waals surface area contributed by atoms with Gasteiger partial charge in [-0.05, 0) is 12.1 Å². The molecule has 1 N–H and O–H groups in total. The third kappa shape index (κ3) is 4.90. The van der Waals surface area contributed by atoms with E-state index in [9.17, 15) is 4.79 Å². The lowest BCUT2D eigenvalue weighted by atomic mass is 10.2. The van der Waals surface area contributed by atoms with Crippen LogP contribution in [0.1, 0.15) is 0 Å². The molecule has 2 heterocycles. The van der Waals surface area contributed by atoms with Crippen LogP contribution in [0.3, 0.4) is 0 Å². The van der Waals surface area contributed by atoms with E-state index in [1.54, 1.807) is 6.08 Å². The molecule has 0 spiro atoms. The standard InChI is InChI=1S/C17H20ClN5OS2/c1-2-7-19-16-20-21-17(26-16)25-12-15(24)23-10-8-22(9-11-23)14-6-4-3-5-13(14)18/h2-6H,1,7-12H2,(H,19,20). The molecule has 0 saturated carbocycles.